The van der Waals surface area contributed by atoms with Crippen molar-refractivity contribution in [2.24, 2.45) is 0 Å². The molecule has 5 aromatic rings. The fraction of sp³-hybridized carbons (Fsp3) is 0.385. The van der Waals surface area contributed by atoms with Crippen molar-refractivity contribution >= 4 is 55.7 Å². The summed E-state index contributed by atoms with van der Waals surface area (Å²) in [7, 11) is 0. The largest absolute Gasteiger partial charge is 0.354 e. The summed E-state index contributed by atoms with van der Waals surface area (Å²) >= 11 is 0. The summed E-state index contributed by atoms with van der Waals surface area (Å²) in [5.41, 5.74) is 17.7. The second-order valence-electron chi connectivity index (χ2n) is 16.9. The highest BCUT2D eigenvalue weighted by molar-refractivity contribution is 6.05. The second kappa shape index (κ2) is 18.8. The van der Waals surface area contributed by atoms with E-state index in [0.29, 0.717) is 16.7 Å². The highest BCUT2D eigenvalue weighted by Gasteiger charge is 2.31. The molecule has 2 aliphatic heterocycles. The molecule has 7 rings (SSSR count). The Morgan fingerprint density at radius 1 is 0.532 bits per heavy atom. The monoisotopic (exact) mass is 832 g/mol. The van der Waals surface area contributed by atoms with Gasteiger partial charge in [-0.1, -0.05) is 77.6 Å². The Bertz CT molecular complexity index is 2670. The number of nitro groups is 2. The molecule has 0 fully saturated rings. The van der Waals surface area contributed by atoms with Crippen molar-refractivity contribution in [1.29, 1.82) is 0 Å². The van der Waals surface area contributed by atoms with E-state index in [9.17, 15) is 20.2 Å². The maximum Gasteiger partial charge on any atom is 0.277 e. The van der Waals surface area contributed by atoms with Crippen LogP contribution in [0.1, 0.15) is 151 Å². The van der Waals surface area contributed by atoms with Crippen LogP contribution in [-0.2, 0) is 12.8 Å². The summed E-state index contributed by atoms with van der Waals surface area (Å²) in [5.74, 6) is 0. The number of nitro benzene ring substituents is 2. The standard InChI is InChI=1S/C52H60N6O4/c1-9-13-21-35-31(5)41-29-42-33(7)37(23-15-11-3)51(55-42)48(40-26-18-20-28-46(40)58(61)62)52-38(24-16-12-4)34(8)44(56-52)30-43-32(6)36(22-14-10-2)50(54-43)47(49(35)53-41)39-25-17-19-27-45(39)57(59)60/h17-20,25-30,53-54H,9-16,21-24H2,1-8H3. The minimum atomic E-state index is -0.293. The molecule has 0 unspecified atom stereocenters. The number of hydrogen-bond acceptors (Lipinski definition) is 6. The predicted octanol–water partition coefficient (Wildman–Crippen LogP) is 15.0. The molecule has 62 heavy (non-hydrogen) atoms. The maximum atomic E-state index is 12.9. The van der Waals surface area contributed by atoms with Crippen molar-refractivity contribution in [3.05, 3.63) is 126 Å². The molecular weight excluding hydrogens is 773 g/mol. The number of H-pyrrole nitrogens is 2. The van der Waals surface area contributed by atoms with Crippen LogP contribution < -0.4 is 0 Å². The number of nitrogens with zero attached hydrogens (tertiary/aromatic N) is 4. The van der Waals surface area contributed by atoms with Gasteiger partial charge in [-0.15, -0.1) is 0 Å². The molecule has 0 spiro atoms. The van der Waals surface area contributed by atoms with Crippen molar-refractivity contribution in [1.82, 2.24) is 19.9 Å². The number of hydrogen-bond donors (Lipinski definition) is 2. The summed E-state index contributed by atoms with van der Waals surface area (Å²) in [6, 6.07) is 18.4. The fourth-order valence-electron chi connectivity index (χ4n) is 9.30. The lowest BCUT2D eigenvalue weighted by Gasteiger charge is -2.14. The van der Waals surface area contributed by atoms with Crippen LogP contribution in [0, 0.1) is 34.1 Å². The normalized spacial score (nSPS) is 12.8. The Morgan fingerprint density at radius 3 is 1.29 bits per heavy atom. The lowest BCUT2D eigenvalue weighted by molar-refractivity contribution is -0.384. The summed E-state index contributed by atoms with van der Waals surface area (Å²) in [4.78, 5) is 43.9. The molecule has 0 radical (unpaired) electrons. The molecule has 0 aliphatic carbocycles. The van der Waals surface area contributed by atoms with Gasteiger partial charge in [-0.05, 0) is 148 Å². The molecule has 0 saturated heterocycles. The molecule has 10 heteroatoms. The van der Waals surface area contributed by atoms with Crippen molar-refractivity contribution in [3.8, 4) is 22.3 Å². The zero-order valence-corrected chi connectivity index (χ0v) is 37.7. The van der Waals surface area contributed by atoms with Crippen molar-refractivity contribution in [2.45, 2.75) is 132 Å². The molecule has 2 aliphatic rings. The van der Waals surface area contributed by atoms with E-state index in [2.05, 4.69) is 77.5 Å². The quantitative estimate of drug-likeness (QED) is 0.0748. The van der Waals surface area contributed by atoms with Crippen LogP contribution in [0.25, 0.3) is 66.6 Å². The Kier molecular flexibility index (Phi) is 13.3. The number of para-hydroxylation sites is 2. The minimum absolute atomic E-state index is 0.0195. The number of nitrogens with one attached hydrogen (secondary N) is 2. The molecule has 322 valence electrons. The van der Waals surface area contributed by atoms with Crippen LogP contribution in [0.5, 0.6) is 0 Å². The van der Waals surface area contributed by atoms with E-state index < -0.39 is 0 Å². The van der Waals surface area contributed by atoms with Gasteiger partial charge in [-0.3, -0.25) is 20.2 Å². The molecule has 3 aromatic heterocycles. The van der Waals surface area contributed by atoms with E-state index >= 15 is 0 Å². The Labute approximate surface area is 365 Å². The van der Waals surface area contributed by atoms with Crippen molar-refractivity contribution < 1.29 is 9.85 Å². The summed E-state index contributed by atoms with van der Waals surface area (Å²) in [6.45, 7) is 17.2. The summed E-state index contributed by atoms with van der Waals surface area (Å²) in [6.07, 6.45) is 10.7. The Balaban J connectivity index is 1.80. The van der Waals surface area contributed by atoms with Gasteiger partial charge >= 0.3 is 0 Å². The van der Waals surface area contributed by atoms with Gasteiger partial charge in [0.1, 0.15) is 0 Å². The van der Waals surface area contributed by atoms with Crippen LogP contribution in [0.3, 0.4) is 0 Å². The van der Waals surface area contributed by atoms with Gasteiger partial charge < -0.3 is 9.97 Å². The van der Waals surface area contributed by atoms with Crippen LogP contribution >= 0.6 is 0 Å². The first-order valence-corrected chi connectivity index (χ1v) is 22.6. The SMILES string of the molecule is CCCCC1=C(C)c2cc3[nH]c(c(CCCC)c3C)c(-c3ccccc3[N+](=O)[O-])c3[nH]c(cc4nc(c(-c5ccccc5[N+](=O)[O-])c1n2)C(CCCC)=C4C)c(C)c3CCCC. The third-order valence-electron chi connectivity index (χ3n) is 12.9. The Morgan fingerprint density at radius 2 is 0.903 bits per heavy atom. The first-order valence-electron chi connectivity index (χ1n) is 22.6. The average Bonchev–Trinajstić information content (AvgIpc) is 3.94. The third-order valence-corrected chi connectivity index (χ3v) is 12.9. The molecule has 0 amide bonds. The molecule has 2 aromatic carbocycles. The fourth-order valence-corrected chi connectivity index (χ4v) is 9.30. The predicted molar refractivity (Wildman–Crippen MR) is 256 cm³/mol. The van der Waals surface area contributed by atoms with E-state index in [4.69, 9.17) is 9.97 Å². The first kappa shape index (κ1) is 43.9. The van der Waals surface area contributed by atoms with Crippen LogP contribution in [0.15, 0.2) is 60.7 Å². The minimum Gasteiger partial charge on any atom is -0.354 e. The number of unbranched alkanes of at least 4 members (excludes halogenated alkanes) is 4. The van der Waals surface area contributed by atoms with E-state index in [1.807, 2.05) is 24.3 Å². The number of rotatable bonds is 16. The van der Waals surface area contributed by atoms with Crippen LogP contribution in [-0.4, -0.2) is 29.8 Å². The van der Waals surface area contributed by atoms with Crippen molar-refractivity contribution in [3.63, 3.8) is 0 Å². The number of benzene rings is 2. The summed E-state index contributed by atoms with van der Waals surface area (Å²) in [5, 5.41) is 25.8. The molecule has 2 N–H and O–H groups in total. The zero-order chi connectivity index (χ0) is 44.2. The number of aryl methyl sites for hydroxylation is 4. The topological polar surface area (TPSA) is 144 Å². The van der Waals surface area contributed by atoms with Gasteiger partial charge in [0, 0.05) is 34.3 Å². The highest BCUT2D eigenvalue weighted by atomic mass is 16.6. The van der Waals surface area contributed by atoms with Crippen molar-refractivity contribution in [2.75, 3.05) is 0 Å². The Hall–Kier alpha value is -6.16. The molecule has 8 bridgehead atoms. The zero-order valence-electron chi connectivity index (χ0n) is 37.7. The molecule has 10 nitrogen and oxygen atoms in total. The van der Waals surface area contributed by atoms with Gasteiger partial charge in [0.15, 0.2) is 0 Å². The second-order valence-corrected chi connectivity index (χ2v) is 16.9. The van der Waals surface area contributed by atoms with Gasteiger partial charge in [0.05, 0.1) is 54.8 Å². The van der Waals surface area contributed by atoms with Gasteiger partial charge in [-0.25, -0.2) is 9.97 Å². The molecule has 5 heterocycles. The number of aromatic nitrogens is 4. The van der Waals surface area contributed by atoms with Gasteiger partial charge in [0.25, 0.3) is 11.4 Å². The summed E-state index contributed by atoms with van der Waals surface area (Å²) < 4.78 is 0. The first-order chi connectivity index (χ1) is 29.9. The number of allylic oxidation sites excluding steroid dienone is 4. The third kappa shape index (κ3) is 8.15. The highest BCUT2D eigenvalue weighted by Crippen LogP contribution is 2.47. The van der Waals surface area contributed by atoms with Crippen LogP contribution in [0.2, 0.25) is 0 Å². The van der Waals surface area contributed by atoms with E-state index in [1.54, 1.807) is 24.3 Å². The van der Waals surface area contributed by atoms with Gasteiger partial charge in [0.2, 0.25) is 0 Å². The smallest absolute Gasteiger partial charge is 0.277 e. The number of fused-ring (bicyclic) bond motifs is 8. The lowest BCUT2D eigenvalue weighted by atomic mass is 9.89. The molecule has 0 atom stereocenters. The average molecular weight is 833 g/mol. The number of aromatic amines is 2. The van der Waals surface area contributed by atoms with Gasteiger partial charge in [-0.2, -0.15) is 0 Å². The van der Waals surface area contributed by atoms with E-state index in [-0.39, 0.29) is 21.2 Å². The van der Waals surface area contributed by atoms with Crippen LogP contribution in [0.4, 0.5) is 11.4 Å². The van der Waals surface area contributed by atoms with E-state index in [0.717, 1.165) is 172 Å². The molecule has 0 saturated carbocycles. The molecular formula is C52H60N6O4. The van der Waals surface area contributed by atoms with E-state index in [1.165, 1.54) is 0 Å². The lowest BCUT2D eigenvalue weighted by Crippen LogP contribution is -1.99. The maximum absolute atomic E-state index is 12.9.